The molecule has 5 aliphatic carbocycles. The summed E-state index contributed by atoms with van der Waals surface area (Å²) in [7, 11) is 0. The van der Waals surface area contributed by atoms with E-state index in [1.807, 2.05) is 42.5 Å². The molecule has 7 rings (SSSR count). The van der Waals surface area contributed by atoms with E-state index in [2.05, 4.69) is 64.8 Å². The Hall–Kier alpha value is -3.22. The van der Waals surface area contributed by atoms with Crippen molar-refractivity contribution in [2.75, 3.05) is 13.2 Å². The number of rotatable bonds is 9. The van der Waals surface area contributed by atoms with Crippen LogP contribution in [0.1, 0.15) is 127 Å². The van der Waals surface area contributed by atoms with Crippen molar-refractivity contribution >= 4 is 17.4 Å². The first-order valence-electron chi connectivity index (χ1n) is 20.0. The van der Waals surface area contributed by atoms with Crippen LogP contribution in [0.2, 0.25) is 0 Å². The summed E-state index contributed by atoms with van der Waals surface area (Å²) in [6.07, 6.45) is 12.6. The molecule has 2 aromatic carbocycles. The van der Waals surface area contributed by atoms with E-state index in [9.17, 15) is 19.8 Å². The number of carboxylic acid groups (broad SMARTS) is 1. The topological polar surface area (TPSA) is 98.7 Å². The molecule has 0 unspecified atom stereocenters. The molecular formula is C46H62N2O4. The predicted molar refractivity (Wildman–Crippen MR) is 208 cm³/mol. The Morgan fingerprint density at radius 2 is 1.58 bits per heavy atom. The maximum absolute atomic E-state index is 13.8. The maximum atomic E-state index is 13.8. The van der Waals surface area contributed by atoms with Crippen LogP contribution in [0.5, 0.6) is 0 Å². The van der Waals surface area contributed by atoms with E-state index >= 15 is 0 Å². The van der Waals surface area contributed by atoms with Crippen LogP contribution < -0.4 is 10.6 Å². The van der Waals surface area contributed by atoms with Gasteiger partial charge >= 0.3 is 5.97 Å². The molecule has 0 aliphatic heterocycles. The third kappa shape index (κ3) is 5.65. The summed E-state index contributed by atoms with van der Waals surface area (Å²) in [5, 5.41) is 26.6. The molecule has 6 heteroatoms. The monoisotopic (exact) mass is 706 g/mol. The number of amides is 1. The van der Waals surface area contributed by atoms with Crippen LogP contribution >= 0.6 is 0 Å². The molecule has 10 atom stereocenters. The number of carboxylic acids is 1. The number of nitrogens with one attached hydrogen (secondary N) is 2. The molecule has 4 N–H and O–H groups in total. The van der Waals surface area contributed by atoms with E-state index in [0.717, 1.165) is 43.2 Å². The summed E-state index contributed by atoms with van der Waals surface area (Å²) in [6, 6.07) is 17.1. The molecule has 0 bridgehead atoms. The van der Waals surface area contributed by atoms with E-state index < -0.39 is 5.97 Å². The number of aliphatic hydroxyl groups is 1. The fourth-order valence-electron chi connectivity index (χ4n) is 13.8. The zero-order chi connectivity index (χ0) is 37.3. The fraction of sp³-hybridized carbons (Fsp3) is 0.609. The average molecular weight is 707 g/mol. The van der Waals surface area contributed by atoms with Crippen molar-refractivity contribution < 1.29 is 19.8 Å². The lowest BCUT2D eigenvalue weighted by atomic mass is 9.33. The highest BCUT2D eigenvalue weighted by Crippen LogP contribution is 2.76. The highest BCUT2D eigenvalue weighted by Gasteiger charge is 2.70. The van der Waals surface area contributed by atoms with E-state index in [1.54, 1.807) is 12.1 Å². The van der Waals surface area contributed by atoms with Crippen LogP contribution in [0.3, 0.4) is 0 Å². The van der Waals surface area contributed by atoms with Crippen LogP contribution in [0.15, 0.2) is 72.8 Å². The van der Waals surface area contributed by atoms with Gasteiger partial charge in [-0.3, -0.25) is 10.1 Å². The first kappa shape index (κ1) is 37.1. The average Bonchev–Trinajstić information content (AvgIpc) is 3.49. The normalized spacial score (nSPS) is 38.1. The fourth-order valence-corrected chi connectivity index (χ4v) is 13.8. The van der Waals surface area contributed by atoms with Crippen LogP contribution in [0.25, 0.3) is 5.57 Å². The van der Waals surface area contributed by atoms with E-state index in [1.165, 1.54) is 36.8 Å². The minimum absolute atomic E-state index is 0.0249. The molecule has 6 nitrogen and oxygen atoms in total. The summed E-state index contributed by atoms with van der Waals surface area (Å²) < 4.78 is 0. The van der Waals surface area contributed by atoms with Crippen LogP contribution in [-0.4, -0.2) is 40.8 Å². The molecule has 4 saturated carbocycles. The van der Waals surface area contributed by atoms with Gasteiger partial charge in [0.05, 0.1) is 24.8 Å². The zero-order valence-corrected chi connectivity index (χ0v) is 32.4. The van der Waals surface area contributed by atoms with Gasteiger partial charge in [-0.1, -0.05) is 95.3 Å². The number of fused-ring (bicyclic) bond motifs is 7. The van der Waals surface area contributed by atoms with Gasteiger partial charge in [-0.15, -0.1) is 0 Å². The minimum Gasteiger partial charge on any atom is -0.478 e. The second-order valence-corrected chi connectivity index (χ2v) is 18.8. The van der Waals surface area contributed by atoms with Crippen molar-refractivity contribution in [3.8, 4) is 0 Å². The van der Waals surface area contributed by atoms with Gasteiger partial charge < -0.3 is 15.5 Å². The van der Waals surface area contributed by atoms with E-state index in [0.29, 0.717) is 35.2 Å². The van der Waals surface area contributed by atoms with Crippen molar-refractivity contribution in [3.63, 3.8) is 0 Å². The molecule has 0 spiro atoms. The standard InChI is InChI=1S/C46H62N2O4/c1-29(2)33-19-24-46(48-39(50)27-47-36(28-49)31-11-9-8-10-12-31)26-25-44(6)35(40(33)46)17-18-38-43(5)22-20-34(30-13-15-32(16-14-30)41(51)52)42(3,4)37(43)21-23-45(38,44)7/h8-16,20,33,35-38,40,47,49H,1,17-19,21-28H2,2-7H3,(H,48,50)(H,51,52)/t33-,35+,36+,37-,38+,40+,43-,44+,45+,46-/m0/s1. The highest BCUT2D eigenvalue weighted by molar-refractivity contribution is 5.88. The van der Waals surface area contributed by atoms with Gasteiger partial charge in [-0.25, -0.2) is 4.79 Å². The molecule has 0 heterocycles. The smallest absolute Gasteiger partial charge is 0.335 e. The largest absolute Gasteiger partial charge is 0.478 e. The number of aliphatic hydroxyl groups excluding tert-OH is 1. The minimum atomic E-state index is -0.881. The Morgan fingerprint density at radius 3 is 2.23 bits per heavy atom. The Bertz CT molecular complexity index is 1730. The molecule has 0 saturated heterocycles. The Kier molecular flexibility index (Phi) is 9.47. The number of benzene rings is 2. The lowest BCUT2D eigenvalue weighted by Crippen LogP contribution is -2.68. The SMILES string of the molecule is C=C(C)[C@@H]1CC[C@]2(NC(=O)CN[C@H](CO)c3ccccc3)CC[C@]3(C)[C@H](CC[C@@H]4[C@@]5(C)CC=C(c6ccc(C(=O)O)cc6)C(C)(C)[C@@H]5CC[C@]43C)[C@@H]12. The highest BCUT2D eigenvalue weighted by atomic mass is 16.4. The van der Waals surface area contributed by atoms with E-state index in [4.69, 9.17) is 0 Å². The molecule has 2 aromatic rings. The number of allylic oxidation sites excluding steroid dienone is 3. The molecule has 0 aromatic heterocycles. The van der Waals surface area contributed by atoms with Gasteiger partial charge in [0.1, 0.15) is 0 Å². The molecule has 5 aliphatic rings. The Labute approximate surface area is 311 Å². The van der Waals surface area contributed by atoms with Crippen molar-refractivity contribution in [3.05, 3.63) is 89.5 Å². The maximum Gasteiger partial charge on any atom is 0.335 e. The number of aromatic carboxylic acids is 1. The molecule has 1 amide bonds. The summed E-state index contributed by atoms with van der Waals surface area (Å²) in [6.45, 7) is 19.6. The number of carbonyl (C=O) groups is 2. The quantitative estimate of drug-likeness (QED) is 0.195. The number of carbonyl (C=O) groups excluding carboxylic acids is 1. The second-order valence-electron chi connectivity index (χ2n) is 18.8. The van der Waals surface area contributed by atoms with Crippen molar-refractivity contribution in [2.24, 2.45) is 51.2 Å². The van der Waals surface area contributed by atoms with Crippen LogP contribution in [0.4, 0.5) is 0 Å². The van der Waals surface area contributed by atoms with Crippen molar-refractivity contribution in [1.29, 1.82) is 0 Å². The second kappa shape index (κ2) is 13.3. The number of hydrogen-bond donors (Lipinski definition) is 4. The third-order valence-corrected chi connectivity index (χ3v) is 16.4. The predicted octanol–water partition coefficient (Wildman–Crippen LogP) is 9.23. The zero-order valence-electron chi connectivity index (χ0n) is 32.4. The number of hydrogen-bond acceptors (Lipinski definition) is 4. The summed E-state index contributed by atoms with van der Waals surface area (Å²) >= 11 is 0. The molecule has 52 heavy (non-hydrogen) atoms. The van der Waals surface area contributed by atoms with Crippen molar-refractivity contribution in [2.45, 2.75) is 111 Å². The lowest BCUT2D eigenvalue weighted by molar-refractivity contribution is -0.219. The van der Waals surface area contributed by atoms with E-state index in [-0.39, 0.29) is 52.3 Å². The van der Waals surface area contributed by atoms with Gasteiger partial charge in [-0.05, 0) is 145 Å². The summed E-state index contributed by atoms with van der Waals surface area (Å²) in [4.78, 5) is 25.4. The lowest BCUT2D eigenvalue weighted by Gasteiger charge is -2.72. The van der Waals surface area contributed by atoms with Crippen LogP contribution in [-0.2, 0) is 4.79 Å². The molecule has 4 fully saturated rings. The Balaban J connectivity index is 1.15. The Morgan fingerprint density at radius 1 is 0.865 bits per heavy atom. The molecular weight excluding hydrogens is 645 g/mol. The molecule has 280 valence electrons. The third-order valence-electron chi connectivity index (χ3n) is 16.4. The first-order chi connectivity index (χ1) is 24.6. The van der Waals surface area contributed by atoms with Crippen LogP contribution in [0, 0.1) is 51.2 Å². The van der Waals surface area contributed by atoms with Gasteiger partial charge in [0, 0.05) is 5.54 Å². The first-order valence-corrected chi connectivity index (χ1v) is 20.0. The van der Waals surface area contributed by atoms with Gasteiger partial charge in [-0.2, -0.15) is 0 Å². The van der Waals surface area contributed by atoms with Crippen molar-refractivity contribution in [1.82, 2.24) is 10.6 Å². The summed E-state index contributed by atoms with van der Waals surface area (Å²) in [5.41, 5.74) is 5.39. The summed E-state index contributed by atoms with van der Waals surface area (Å²) in [5.74, 6) is 1.60. The molecule has 0 radical (unpaired) electrons. The van der Waals surface area contributed by atoms with Gasteiger partial charge in [0.15, 0.2) is 0 Å². The van der Waals surface area contributed by atoms with Gasteiger partial charge in [0.25, 0.3) is 0 Å². The van der Waals surface area contributed by atoms with Gasteiger partial charge in [0.2, 0.25) is 5.91 Å².